The minimum absolute atomic E-state index is 0.110. The van der Waals surface area contributed by atoms with Gasteiger partial charge < -0.3 is 4.74 Å². The van der Waals surface area contributed by atoms with Crippen LogP contribution in [0.1, 0.15) is 20.8 Å². The van der Waals surface area contributed by atoms with E-state index >= 15 is 0 Å². The predicted molar refractivity (Wildman–Crippen MR) is 124 cm³/mol. The van der Waals surface area contributed by atoms with Crippen molar-refractivity contribution >= 4 is 67.0 Å². The van der Waals surface area contributed by atoms with Gasteiger partial charge in [-0.3, -0.25) is 4.79 Å². The van der Waals surface area contributed by atoms with Gasteiger partial charge in [-0.15, -0.1) is 0 Å². The van der Waals surface area contributed by atoms with Gasteiger partial charge in [0.15, 0.2) is 0 Å². The molecule has 2 heterocycles. The Bertz CT molecular complexity index is 961. The van der Waals surface area contributed by atoms with E-state index in [-0.39, 0.29) is 34.8 Å². The monoisotopic (exact) mass is 561 g/mol. The van der Waals surface area contributed by atoms with Gasteiger partial charge in [-0.1, -0.05) is 0 Å². The van der Waals surface area contributed by atoms with Gasteiger partial charge >= 0.3 is 173 Å². The first-order valence-electron chi connectivity index (χ1n) is 10.7. The zero-order valence-electron chi connectivity index (χ0n) is 18.5. The molecule has 33 heavy (non-hydrogen) atoms. The third kappa shape index (κ3) is 5.44. The Labute approximate surface area is 208 Å². The van der Waals surface area contributed by atoms with Gasteiger partial charge in [0, 0.05) is 0 Å². The molecule has 4 atom stereocenters. The summed E-state index contributed by atoms with van der Waals surface area (Å²) in [6, 6.07) is 4.66. The number of benzene rings is 1. The summed E-state index contributed by atoms with van der Waals surface area (Å²) in [5.74, 6) is -0.362. The second kappa shape index (κ2) is 9.27. The van der Waals surface area contributed by atoms with Crippen molar-refractivity contribution < 1.29 is 28.2 Å². The minimum atomic E-state index is -1.06. The second-order valence-electron chi connectivity index (χ2n) is 9.52. The van der Waals surface area contributed by atoms with E-state index in [9.17, 15) is 18.8 Å². The summed E-state index contributed by atoms with van der Waals surface area (Å²) in [5, 5.41) is 0.392. The molecule has 2 aliphatic heterocycles. The number of anilines is 2. The molecule has 4 rings (SSSR count). The first-order valence-corrected chi connectivity index (χ1v) is 13.8. The van der Waals surface area contributed by atoms with Crippen molar-refractivity contribution in [1.29, 1.82) is 0 Å². The molecule has 11 heteroatoms. The number of hydrogen-bond donors (Lipinski definition) is 0. The van der Waals surface area contributed by atoms with Gasteiger partial charge in [0.05, 0.1) is 0 Å². The van der Waals surface area contributed by atoms with Gasteiger partial charge in [-0.2, -0.15) is 0 Å². The third-order valence-corrected chi connectivity index (χ3v) is 9.46. The van der Waals surface area contributed by atoms with E-state index in [0.29, 0.717) is 29.7 Å². The quantitative estimate of drug-likeness (QED) is 0.287. The van der Waals surface area contributed by atoms with E-state index in [1.165, 1.54) is 11.0 Å². The second-order valence-corrected chi connectivity index (χ2v) is 13.0. The fraction of sp³-hybridized carbons (Fsp3) is 0.591. The first kappa shape index (κ1) is 24.6. The van der Waals surface area contributed by atoms with Crippen LogP contribution in [0, 0.1) is 23.6 Å². The zero-order chi connectivity index (χ0) is 24.1. The Morgan fingerprint density at radius 2 is 1.91 bits per heavy atom. The summed E-state index contributed by atoms with van der Waals surface area (Å²) >= 11 is 10.3. The number of carbonyl (C=O) groups is 3. The molecule has 1 amide bonds. The average molecular weight is 562 g/mol. The summed E-state index contributed by atoms with van der Waals surface area (Å²) in [5.41, 5.74) is 0.331. The van der Waals surface area contributed by atoms with Crippen molar-refractivity contribution in [2.45, 2.75) is 42.5 Å². The molecule has 3 fully saturated rings. The SMILES string of the molecule is CC(C)(C)OC(=O)C1[C@H]2CN(c3ccc(N4C[C@@H](C[As]C(=O)C(Cl)Cl)OC4=O)cc3F)C[C@@H]12. The Morgan fingerprint density at radius 3 is 2.48 bits per heavy atom. The summed E-state index contributed by atoms with van der Waals surface area (Å²) in [4.78, 5) is 38.4. The molecule has 1 aromatic carbocycles. The number of carbonyl (C=O) groups excluding carboxylic acids is 3. The summed E-state index contributed by atoms with van der Waals surface area (Å²) in [6.45, 7) is 6.97. The normalized spacial score (nSPS) is 26.8. The van der Waals surface area contributed by atoms with Crippen LogP contribution in [0.15, 0.2) is 18.2 Å². The molecule has 1 saturated carbocycles. The van der Waals surface area contributed by atoms with E-state index in [1.807, 2.05) is 25.7 Å². The van der Waals surface area contributed by atoms with Crippen molar-refractivity contribution in [3.8, 4) is 0 Å². The number of cyclic esters (lactones) is 1. The van der Waals surface area contributed by atoms with Crippen LogP contribution >= 0.6 is 23.2 Å². The van der Waals surface area contributed by atoms with Crippen molar-refractivity contribution in [1.82, 2.24) is 0 Å². The molecule has 7 nitrogen and oxygen atoms in total. The summed E-state index contributed by atoms with van der Waals surface area (Å²) in [7, 11) is 0. The van der Waals surface area contributed by atoms with Gasteiger partial charge in [0.25, 0.3) is 0 Å². The number of alkyl halides is 2. The molecule has 0 spiro atoms. The molecule has 1 aromatic rings. The number of rotatable bonds is 7. The maximum atomic E-state index is 15.0. The number of piperidine rings is 1. The number of hydrogen-bond acceptors (Lipinski definition) is 6. The number of fused-ring (bicyclic) bond motifs is 1. The van der Waals surface area contributed by atoms with Crippen LogP contribution in [0.5, 0.6) is 0 Å². The number of esters is 1. The molecule has 1 aliphatic carbocycles. The maximum absolute atomic E-state index is 15.0. The van der Waals surface area contributed by atoms with Gasteiger partial charge in [-0.25, -0.2) is 0 Å². The molecule has 0 bridgehead atoms. The summed E-state index contributed by atoms with van der Waals surface area (Å²) < 4.78 is 25.5. The zero-order valence-corrected chi connectivity index (χ0v) is 21.9. The van der Waals surface area contributed by atoms with Gasteiger partial charge in [-0.05, 0) is 20.8 Å². The van der Waals surface area contributed by atoms with Crippen LogP contribution in [0.25, 0.3) is 0 Å². The van der Waals surface area contributed by atoms with Crippen LogP contribution in [-0.4, -0.2) is 68.6 Å². The molecule has 1 radical (unpaired) electrons. The van der Waals surface area contributed by atoms with Gasteiger partial charge in [0.1, 0.15) is 5.60 Å². The van der Waals surface area contributed by atoms with Crippen LogP contribution < -0.4 is 9.80 Å². The Hall–Kier alpha value is -1.50. The standard InChI is InChI=1S/C22H25AsCl2FN2O5/c1-22(2,3)33-20(30)17-13-9-27(10-14(13)17)16-5-4-11(6-15(16)26)28-8-12(32-21(28)31)7-23-18(29)19(24)25/h4-6,12-14,17,19H,7-10H2,1-3H3/t12-,13-,14+,17?/m1/s1. The Morgan fingerprint density at radius 1 is 1.24 bits per heavy atom. The van der Waals surface area contributed by atoms with Crippen LogP contribution in [0.2, 0.25) is 5.21 Å². The Balaban J connectivity index is 1.34. The average Bonchev–Trinajstić information content (AvgIpc) is 3.03. The fourth-order valence-electron chi connectivity index (χ4n) is 4.45. The van der Waals surface area contributed by atoms with E-state index in [2.05, 4.69) is 0 Å². The first-order chi connectivity index (χ1) is 15.4. The molecular formula is C22H25AsCl2FN2O5. The van der Waals surface area contributed by atoms with E-state index in [0.717, 1.165) is 0 Å². The number of amides is 1. The van der Waals surface area contributed by atoms with Crippen molar-refractivity contribution in [2.75, 3.05) is 29.4 Å². The summed E-state index contributed by atoms with van der Waals surface area (Å²) in [6.07, 6.45) is -1.02. The molecule has 0 aromatic heterocycles. The number of ether oxygens (including phenoxy) is 2. The predicted octanol–water partition coefficient (Wildman–Crippen LogP) is 3.63. The van der Waals surface area contributed by atoms with Gasteiger partial charge in [0.2, 0.25) is 0 Å². The molecule has 1 unspecified atom stereocenters. The third-order valence-electron chi connectivity index (χ3n) is 5.97. The van der Waals surface area contributed by atoms with Crippen LogP contribution in [-0.2, 0) is 19.1 Å². The van der Waals surface area contributed by atoms with E-state index in [1.54, 1.807) is 12.1 Å². The van der Waals surface area contributed by atoms with Crippen LogP contribution in [0.3, 0.4) is 0 Å². The number of nitrogens with zero attached hydrogens (tertiary/aromatic N) is 2. The van der Waals surface area contributed by atoms with Crippen molar-refractivity contribution in [3.05, 3.63) is 24.0 Å². The fourth-order valence-corrected chi connectivity index (χ4v) is 6.66. The van der Waals surface area contributed by atoms with E-state index < -0.39 is 44.2 Å². The molecule has 179 valence electrons. The molecule has 2 saturated heterocycles. The van der Waals surface area contributed by atoms with Crippen molar-refractivity contribution in [3.63, 3.8) is 0 Å². The topological polar surface area (TPSA) is 76.2 Å². The Kier molecular flexibility index (Phi) is 6.92. The molecule has 3 aliphatic rings. The van der Waals surface area contributed by atoms with E-state index in [4.69, 9.17) is 32.7 Å². The van der Waals surface area contributed by atoms with Crippen molar-refractivity contribution in [2.24, 2.45) is 17.8 Å². The number of halogens is 3. The molecular weight excluding hydrogens is 537 g/mol. The van der Waals surface area contributed by atoms with Crippen LogP contribution in [0.4, 0.5) is 20.6 Å². The molecule has 0 N–H and O–H groups in total.